The number of hydrogen-bond acceptors (Lipinski definition) is 5. The summed E-state index contributed by atoms with van der Waals surface area (Å²) >= 11 is 0. The first-order valence-corrected chi connectivity index (χ1v) is 12.1. The lowest BCUT2D eigenvalue weighted by Gasteiger charge is -2.24. The fourth-order valence-electron chi connectivity index (χ4n) is 4.11. The van der Waals surface area contributed by atoms with E-state index in [4.69, 9.17) is 0 Å². The van der Waals surface area contributed by atoms with Gasteiger partial charge in [-0.05, 0) is 56.5 Å². The van der Waals surface area contributed by atoms with Crippen LogP contribution >= 0.6 is 0 Å². The molecule has 2 aliphatic heterocycles. The average Bonchev–Trinajstić information content (AvgIpc) is 3.41. The molecule has 0 saturated carbocycles. The number of rotatable bonds is 7. The van der Waals surface area contributed by atoms with Crippen LogP contribution in [0.2, 0.25) is 0 Å². The Labute approximate surface area is 177 Å². The van der Waals surface area contributed by atoms with E-state index in [0.717, 1.165) is 44.6 Å². The molecular formula is C21H29N5O3S. The second-order valence-electron chi connectivity index (χ2n) is 8.08. The molecule has 30 heavy (non-hydrogen) atoms. The van der Waals surface area contributed by atoms with Crippen LogP contribution in [-0.2, 0) is 27.9 Å². The summed E-state index contributed by atoms with van der Waals surface area (Å²) in [5, 5.41) is 2.91. The van der Waals surface area contributed by atoms with Crippen molar-refractivity contribution in [2.45, 2.75) is 50.2 Å². The Bertz CT molecular complexity index is 976. The van der Waals surface area contributed by atoms with Crippen LogP contribution in [0.4, 0.5) is 5.69 Å². The maximum Gasteiger partial charge on any atom is 0.262 e. The molecule has 0 radical (unpaired) electrons. The first-order valence-electron chi connectivity index (χ1n) is 10.6. The van der Waals surface area contributed by atoms with Gasteiger partial charge in [0.25, 0.3) is 10.0 Å². The van der Waals surface area contributed by atoms with E-state index >= 15 is 0 Å². The molecule has 1 aromatic carbocycles. The number of anilines is 1. The third kappa shape index (κ3) is 5.08. The van der Waals surface area contributed by atoms with Crippen molar-refractivity contribution < 1.29 is 13.2 Å². The van der Waals surface area contributed by atoms with Crippen molar-refractivity contribution in [1.82, 2.24) is 18.8 Å². The maximum atomic E-state index is 12.7. The van der Waals surface area contributed by atoms with E-state index in [-0.39, 0.29) is 17.5 Å². The lowest BCUT2D eigenvalue weighted by Crippen LogP contribution is -2.35. The number of amides is 1. The van der Waals surface area contributed by atoms with Crippen LogP contribution in [0.5, 0.6) is 0 Å². The molecule has 8 nitrogen and oxygen atoms in total. The number of imidazole rings is 1. The summed E-state index contributed by atoms with van der Waals surface area (Å²) in [5.74, 6) is -0.215. The summed E-state index contributed by atoms with van der Waals surface area (Å²) in [6, 6.07) is 7.88. The summed E-state index contributed by atoms with van der Waals surface area (Å²) in [4.78, 5) is 18.9. The number of hydrogen-bond donors (Lipinski definition) is 1. The number of nitrogens with one attached hydrogen (secondary N) is 1. The number of aromatic nitrogens is 2. The normalized spacial score (nSPS) is 18.5. The Morgan fingerprint density at radius 3 is 2.53 bits per heavy atom. The number of nitrogens with zero attached hydrogens (tertiary/aromatic N) is 4. The second-order valence-corrected chi connectivity index (χ2v) is 9.97. The van der Waals surface area contributed by atoms with Gasteiger partial charge in [0.05, 0.1) is 6.33 Å². The Morgan fingerprint density at radius 2 is 1.77 bits per heavy atom. The molecule has 2 fully saturated rings. The Hall–Kier alpha value is -2.23. The van der Waals surface area contributed by atoms with Gasteiger partial charge in [0.15, 0.2) is 5.03 Å². The Kier molecular flexibility index (Phi) is 6.50. The molecule has 1 amide bonds. The van der Waals surface area contributed by atoms with Gasteiger partial charge in [-0.1, -0.05) is 18.6 Å². The van der Waals surface area contributed by atoms with Crippen LogP contribution in [0, 0.1) is 0 Å². The van der Waals surface area contributed by atoms with E-state index in [1.807, 2.05) is 18.2 Å². The first-order chi connectivity index (χ1) is 14.5. The van der Waals surface area contributed by atoms with Crippen molar-refractivity contribution in [3.05, 3.63) is 42.4 Å². The number of likely N-dealkylation sites (tertiary alicyclic amines) is 1. The van der Waals surface area contributed by atoms with Crippen LogP contribution < -0.4 is 5.32 Å². The van der Waals surface area contributed by atoms with Gasteiger partial charge >= 0.3 is 0 Å². The van der Waals surface area contributed by atoms with E-state index in [1.54, 1.807) is 0 Å². The van der Waals surface area contributed by atoms with Gasteiger partial charge in [0.1, 0.15) is 6.54 Å². The van der Waals surface area contributed by atoms with E-state index in [1.165, 1.54) is 39.8 Å². The number of benzene rings is 1. The van der Waals surface area contributed by atoms with Gasteiger partial charge in [-0.3, -0.25) is 9.69 Å². The lowest BCUT2D eigenvalue weighted by molar-refractivity contribution is -0.116. The van der Waals surface area contributed by atoms with Gasteiger partial charge in [0.2, 0.25) is 5.91 Å². The molecule has 0 spiro atoms. The molecule has 9 heteroatoms. The molecule has 0 aliphatic carbocycles. The maximum absolute atomic E-state index is 12.7. The van der Waals surface area contributed by atoms with Gasteiger partial charge in [-0.15, -0.1) is 0 Å². The van der Waals surface area contributed by atoms with Crippen molar-refractivity contribution in [1.29, 1.82) is 0 Å². The fourth-order valence-corrected chi connectivity index (χ4v) is 5.56. The van der Waals surface area contributed by atoms with Crippen LogP contribution in [0.1, 0.15) is 37.7 Å². The summed E-state index contributed by atoms with van der Waals surface area (Å²) < 4.78 is 28.4. The predicted molar refractivity (Wildman–Crippen MR) is 114 cm³/mol. The number of piperidine rings is 1. The third-order valence-corrected chi connectivity index (χ3v) is 7.45. The highest BCUT2D eigenvalue weighted by Crippen LogP contribution is 2.19. The lowest BCUT2D eigenvalue weighted by atomic mass is 10.2. The van der Waals surface area contributed by atoms with Crippen molar-refractivity contribution in [3.8, 4) is 0 Å². The minimum atomic E-state index is -3.59. The minimum Gasteiger partial charge on any atom is -0.327 e. The zero-order valence-electron chi connectivity index (χ0n) is 17.2. The average molecular weight is 432 g/mol. The Morgan fingerprint density at radius 1 is 1.03 bits per heavy atom. The molecule has 2 aliphatic rings. The molecule has 0 bridgehead atoms. The highest BCUT2D eigenvalue weighted by molar-refractivity contribution is 7.89. The highest BCUT2D eigenvalue weighted by Gasteiger charge is 2.28. The molecule has 2 aromatic rings. The summed E-state index contributed by atoms with van der Waals surface area (Å²) in [5.41, 5.74) is 1.92. The quantitative estimate of drug-likeness (QED) is 0.727. The van der Waals surface area contributed by atoms with Gasteiger partial charge in [-0.2, -0.15) is 4.31 Å². The largest absolute Gasteiger partial charge is 0.327 e. The molecule has 1 N–H and O–H groups in total. The number of carbonyl (C=O) groups excluding carboxylic acids is 1. The molecule has 3 heterocycles. The molecule has 0 atom stereocenters. The van der Waals surface area contributed by atoms with Crippen molar-refractivity contribution in [2.24, 2.45) is 0 Å². The second kappa shape index (κ2) is 9.28. The predicted octanol–water partition coefficient (Wildman–Crippen LogP) is 2.29. The molecule has 1 aromatic heterocycles. The standard InChI is InChI=1S/C21H29N5O3S/c27-20(23-19-8-6-7-18(13-19)14-24-9-4-5-10-24)15-25-16-21(22-17-25)30(28,29)26-11-2-1-3-12-26/h6-8,13,16-17H,1-5,9-12,14-15H2,(H,23,27). The SMILES string of the molecule is O=C(Cn1cnc(S(=O)(=O)N2CCCCC2)c1)Nc1cccc(CN2CCCC2)c1. The minimum absolute atomic E-state index is 0.00445. The molecule has 162 valence electrons. The van der Waals surface area contributed by atoms with Crippen LogP contribution in [-0.4, -0.2) is 59.3 Å². The third-order valence-electron chi connectivity index (χ3n) is 5.67. The molecule has 0 unspecified atom stereocenters. The molecule has 4 rings (SSSR count). The monoisotopic (exact) mass is 431 g/mol. The zero-order valence-corrected chi connectivity index (χ0v) is 18.0. The fraction of sp³-hybridized carbons (Fsp3) is 0.524. The van der Waals surface area contributed by atoms with Crippen LogP contribution in [0.25, 0.3) is 0 Å². The number of carbonyl (C=O) groups is 1. The van der Waals surface area contributed by atoms with Crippen molar-refractivity contribution >= 4 is 21.6 Å². The Balaban J connectivity index is 1.35. The molecule has 2 saturated heterocycles. The zero-order chi connectivity index (χ0) is 21.0. The first kappa shape index (κ1) is 21.0. The van der Waals surface area contributed by atoms with E-state index in [9.17, 15) is 13.2 Å². The molecular weight excluding hydrogens is 402 g/mol. The topological polar surface area (TPSA) is 87.5 Å². The van der Waals surface area contributed by atoms with Gasteiger partial charge < -0.3 is 9.88 Å². The van der Waals surface area contributed by atoms with Crippen molar-refractivity contribution in [3.63, 3.8) is 0 Å². The van der Waals surface area contributed by atoms with Gasteiger partial charge in [-0.25, -0.2) is 13.4 Å². The summed E-state index contributed by atoms with van der Waals surface area (Å²) in [6.07, 6.45) is 8.14. The van der Waals surface area contributed by atoms with E-state index in [0.29, 0.717) is 13.1 Å². The summed E-state index contributed by atoms with van der Waals surface area (Å²) in [7, 11) is -3.59. The van der Waals surface area contributed by atoms with E-state index in [2.05, 4.69) is 21.3 Å². The van der Waals surface area contributed by atoms with Crippen LogP contribution in [0.15, 0.2) is 41.8 Å². The highest BCUT2D eigenvalue weighted by atomic mass is 32.2. The van der Waals surface area contributed by atoms with Gasteiger partial charge in [0, 0.05) is 31.5 Å². The number of sulfonamides is 1. The van der Waals surface area contributed by atoms with Crippen LogP contribution in [0.3, 0.4) is 0 Å². The van der Waals surface area contributed by atoms with E-state index < -0.39 is 10.0 Å². The smallest absolute Gasteiger partial charge is 0.262 e. The summed E-state index contributed by atoms with van der Waals surface area (Å²) in [6.45, 7) is 4.22. The van der Waals surface area contributed by atoms with Crippen molar-refractivity contribution in [2.75, 3.05) is 31.5 Å².